The van der Waals surface area contributed by atoms with Gasteiger partial charge in [0.05, 0.1) is 11.0 Å². The summed E-state index contributed by atoms with van der Waals surface area (Å²) < 4.78 is 13.5. The second-order valence-corrected chi connectivity index (χ2v) is 5.90. The Bertz CT molecular complexity index is 491. The highest BCUT2D eigenvalue weighted by molar-refractivity contribution is 5.52. The van der Waals surface area contributed by atoms with Gasteiger partial charge < -0.3 is 5.32 Å². The van der Waals surface area contributed by atoms with E-state index in [2.05, 4.69) is 19.2 Å². The number of nitro benzene ring substituents is 1. The third-order valence-corrected chi connectivity index (χ3v) is 4.12. The maximum absolute atomic E-state index is 13.5. The molecular weight excluding hydrogens is 259 g/mol. The topological polar surface area (TPSA) is 55.2 Å². The van der Waals surface area contributed by atoms with Crippen molar-refractivity contribution in [2.24, 2.45) is 11.8 Å². The van der Waals surface area contributed by atoms with Gasteiger partial charge in [-0.3, -0.25) is 10.1 Å². The maximum Gasteiger partial charge on any atom is 0.274 e. The van der Waals surface area contributed by atoms with Crippen LogP contribution < -0.4 is 5.32 Å². The van der Waals surface area contributed by atoms with Crippen LogP contribution in [0.2, 0.25) is 0 Å². The summed E-state index contributed by atoms with van der Waals surface area (Å²) in [4.78, 5) is 10.2. The van der Waals surface area contributed by atoms with Gasteiger partial charge in [0, 0.05) is 17.8 Å². The molecule has 0 radical (unpaired) electrons. The van der Waals surface area contributed by atoms with Crippen LogP contribution in [0, 0.1) is 27.8 Å². The lowest BCUT2D eigenvalue weighted by molar-refractivity contribution is -0.385. The maximum atomic E-state index is 13.5. The first kappa shape index (κ1) is 14.8. The Morgan fingerprint density at radius 3 is 2.65 bits per heavy atom. The highest BCUT2D eigenvalue weighted by Gasteiger charge is 2.27. The fourth-order valence-corrected chi connectivity index (χ4v) is 3.11. The van der Waals surface area contributed by atoms with Gasteiger partial charge in [-0.25, -0.2) is 4.39 Å². The van der Waals surface area contributed by atoms with Crippen molar-refractivity contribution < 1.29 is 9.31 Å². The molecule has 0 heterocycles. The summed E-state index contributed by atoms with van der Waals surface area (Å²) >= 11 is 0. The first-order chi connectivity index (χ1) is 9.47. The van der Waals surface area contributed by atoms with Crippen LogP contribution in [0.4, 0.5) is 15.8 Å². The molecule has 20 heavy (non-hydrogen) atoms. The number of anilines is 1. The molecule has 1 fully saturated rings. The van der Waals surface area contributed by atoms with Crippen LogP contribution >= 0.6 is 0 Å². The SMILES string of the molecule is CC(C)C1CCCCC1Nc1cc(F)cc([N+](=O)[O-])c1. The second kappa shape index (κ2) is 6.20. The van der Waals surface area contributed by atoms with E-state index in [0.717, 1.165) is 25.3 Å². The van der Waals surface area contributed by atoms with Crippen LogP contribution in [0.3, 0.4) is 0 Å². The fourth-order valence-electron chi connectivity index (χ4n) is 3.11. The summed E-state index contributed by atoms with van der Waals surface area (Å²) in [6.45, 7) is 4.39. The quantitative estimate of drug-likeness (QED) is 0.658. The Kier molecular flexibility index (Phi) is 4.57. The number of nitrogens with one attached hydrogen (secondary N) is 1. The third-order valence-electron chi connectivity index (χ3n) is 4.12. The molecule has 0 amide bonds. The Balaban J connectivity index is 2.17. The van der Waals surface area contributed by atoms with E-state index >= 15 is 0 Å². The van der Waals surface area contributed by atoms with Gasteiger partial charge in [0.25, 0.3) is 5.69 Å². The molecule has 2 atom stereocenters. The van der Waals surface area contributed by atoms with Crippen molar-refractivity contribution in [1.82, 2.24) is 0 Å². The summed E-state index contributed by atoms with van der Waals surface area (Å²) in [5.74, 6) is 0.515. The van der Waals surface area contributed by atoms with Crippen LogP contribution in [0.5, 0.6) is 0 Å². The van der Waals surface area contributed by atoms with E-state index in [1.807, 2.05) is 0 Å². The van der Waals surface area contributed by atoms with E-state index in [0.29, 0.717) is 17.5 Å². The summed E-state index contributed by atoms with van der Waals surface area (Å²) in [6.07, 6.45) is 4.57. The van der Waals surface area contributed by atoms with Crippen molar-refractivity contribution in [3.05, 3.63) is 34.1 Å². The summed E-state index contributed by atoms with van der Waals surface area (Å²) in [6, 6.07) is 3.96. The van der Waals surface area contributed by atoms with Gasteiger partial charge >= 0.3 is 0 Å². The Hall–Kier alpha value is -1.65. The number of rotatable bonds is 4. The van der Waals surface area contributed by atoms with E-state index in [1.165, 1.54) is 18.6 Å². The predicted octanol–water partition coefficient (Wildman–Crippen LogP) is 4.36. The molecule has 0 saturated heterocycles. The highest BCUT2D eigenvalue weighted by atomic mass is 19.1. The van der Waals surface area contributed by atoms with Crippen LogP contribution in [-0.2, 0) is 0 Å². The zero-order chi connectivity index (χ0) is 14.7. The molecule has 4 nitrogen and oxygen atoms in total. The smallest absolute Gasteiger partial charge is 0.274 e. The van der Waals surface area contributed by atoms with Gasteiger partial charge in [0.1, 0.15) is 5.82 Å². The number of halogens is 1. The molecule has 1 aromatic carbocycles. The minimum atomic E-state index is -0.571. The monoisotopic (exact) mass is 280 g/mol. The molecule has 0 aliphatic heterocycles. The Morgan fingerprint density at radius 1 is 1.30 bits per heavy atom. The Labute approximate surface area is 118 Å². The van der Waals surface area contributed by atoms with E-state index < -0.39 is 10.7 Å². The molecule has 1 aromatic rings. The number of nitro groups is 1. The van der Waals surface area contributed by atoms with Gasteiger partial charge in [-0.2, -0.15) is 0 Å². The van der Waals surface area contributed by atoms with Gasteiger partial charge in [0.15, 0.2) is 0 Å². The van der Waals surface area contributed by atoms with Crippen LogP contribution in [0.1, 0.15) is 39.5 Å². The number of non-ortho nitro benzene ring substituents is 1. The number of hydrogen-bond donors (Lipinski definition) is 1. The highest BCUT2D eigenvalue weighted by Crippen LogP contribution is 2.33. The molecule has 0 aromatic heterocycles. The first-order valence-electron chi connectivity index (χ1n) is 7.19. The summed E-state index contributed by atoms with van der Waals surface area (Å²) in [7, 11) is 0. The fraction of sp³-hybridized carbons (Fsp3) is 0.600. The minimum Gasteiger partial charge on any atom is -0.382 e. The lowest BCUT2D eigenvalue weighted by atomic mass is 9.78. The van der Waals surface area contributed by atoms with Crippen molar-refractivity contribution in [3.63, 3.8) is 0 Å². The molecule has 2 rings (SSSR count). The molecule has 0 spiro atoms. The van der Waals surface area contributed by atoms with Crippen molar-refractivity contribution >= 4 is 11.4 Å². The Morgan fingerprint density at radius 2 is 2.00 bits per heavy atom. The first-order valence-corrected chi connectivity index (χ1v) is 7.19. The summed E-state index contributed by atoms with van der Waals surface area (Å²) in [5.41, 5.74) is 0.304. The molecular formula is C15H21FN2O2. The lowest BCUT2D eigenvalue weighted by Gasteiger charge is -2.35. The third kappa shape index (κ3) is 3.46. The van der Waals surface area contributed by atoms with Crippen LogP contribution in [0.15, 0.2) is 18.2 Å². The van der Waals surface area contributed by atoms with Gasteiger partial charge in [0.2, 0.25) is 0 Å². The van der Waals surface area contributed by atoms with Crippen molar-refractivity contribution in [2.45, 2.75) is 45.6 Å². The van der Waals surface area contributed by atoms with Crippen molar-refractivity contribution in [2.75, 3.05) is 5.32 Å². The predicted molar refractivity (Wildman–Crippen MR) is 77.3 cm³/mol. The van der Waals surface area contributed by atoms with Gasteiger partial charge in [-0.05, 0) is 30.7 Å². The average molecular weight is 280 g/mol. The van der Waals surface area contributed by atoms with Crippen LogP contribution in [-0.4, -0.2) is 11.0 Å². The van der Waals surface area contributed by atoms with E-state index in [4.69, 9.17) is 0 Å². The molecule has 1 aliphatic carbocycles. The zero-order valence-corrected chi connectivity index (χ0v) is 11.9. The molecule has 110 valence electrons. The van der Waals surface area contributed by atoms with E-state index in [-0.39, 0.29) is 11.7 Å². The number of nitrogens with zero attached hydrogens (tertiary/aromatic N) is 1. The van der Waals surface area contributed by atoms with Gasteiger partial charge in [-0.15, -0.1) is 0 Å². The average Bonchev–Trinajstić information content (AvgIpc) is 2.38. The molecule has 0 bridgehead atoms. The lowest BCUT2D eigenvalue weighted by Crippen LogP contribution is -2.35. The van der Waals surface area contributed by atoms with E-state index in [1.54, 1.807) is 0 Å². The summed E-state index contributed by atoms with van der Waals surface area (Å²) in [5, 5.41) is 14.1. The van der Waals surface area contributed by atoms with Gasteiger partial charge in [-0.1, -0.05) is 26.7 Å². The standard InChI is InChI=1S/C15H21FN2O2/c1-10(2)14-5-3-4-6-15(14)17-12-7-11(16)8-13(9-12)18(19)20/h7-10,14-15,17H,3-6H2,1-2H3. The normalized spacial score (nSPS) is 22.8. The molecule has 1 N–H and O–H groups in total. The molecule has 1 saturated carbocycles. The largest absolute Gasteiger partial charge is 0.382 e. The molecule has 1 aliphatic rings. The molecule has 2 unspecified atom stereocenters. The van der Waals surface area contributed by atoms with Crippen LogP contribution in [0.25, 0.3) is 0 Å². The van der Waals surface area contributed by atoms with E-state index in [9.17, 15) is 14.5 Å². The van der Waals surface area contributed by atoms with Crippen molar-refractivity contribution in [1.29, 1.82) is 0 Å². The molecule has 5 heteroatoms. The second-order valence-electron chi connectivity index (χ2n) is 5.90. The number of benzene rings is 1. The minimum absolute atomic E-state index is 0.204. The number of hydrogen-bond acceptors (Lipinski definition) is 3. The van der Waals surface area contributed by atoms with Crippen molar-refractivity contribution in [3.8, 4) is 0 Å². The zero-order valence-electron chi connectivity index (χ0n) is 11.9.